The largest absolute Gasteiger partial charge is 0.496 e. The number of hydrogen-bond acceptors (Lipinski definition) is 2. The molecule has 0 atom stereocenters. The van der Waals surface area contributed by atoms with Crippen LogP contribution >= 0.6 is 0 Å². The van der Waals surface area contributed by atoms with Crippen LogP contribution < -0.4 is 10.1 Å². The Hall–Kier alpha value is -2.50. The first-order valence-corrected chi connectivity index (χ1v) is 7.28. The second-order valence-electron chi connectivity index (χ2n) is 5.85. The van der Waals surface area contributed by atoms with Gasteiger partial charge in [0, 0.05) is 11.3 Å². The van der Waals surface area contributed by atoms with Crippen LogP contribution in [0.25, 0.3) is 0 Å². The topological polar surface area (TPSA) is 38.3 Å². The number of carbonyl (C=O) groups excluding carboxylic acids is 1. The van der Waals surface area contributed by atoms with E-state index in [4.69, 9.17) is 4.74 Å². The fourth-order valence-corrected chi connectivity index (χ4v) is 2.31. The highest BCUT2D eigenvalue weighted by molar-refractivity contribution is 5.99. The molecule has 128 valence electrons. The normalized spacial score (nSPS) is 11.9. The molecule has 0 unspecified atom stereocenters. The summed E-state index contributed by atoms with van der Waals surface area (Å²) in [4.78, 5) is 12.6. The minimum Gasteiger partial charge on any atom is -0.496 e. The van der Waals surface area contributed by atoms with Gasteiger partial charge in [0.2, 0.25) is 5.91 Å². The number of carbonyl (C=O) groups is 1. The van der Waals surface area contributed by atoms with E-state index in [0.717, 1.165) is 12.1 Å². The predicted octanol–water partition coefficient (Wildman–Crippen LogP) is 4.63. The van der Waals surface area contributed by atoms with Crippen molar-refractivity contribution in [1.29, 1.82) is 0 Å². The van der Waals surface area contributed by atoms with Crippen molar-refractivity contribution in [1.82, 2.24) is 0 Å². The first-order chi connectivity index (χ1) is 11.2. The minimum atomic E-state index is -4.40. The smallest absolute Gasteiger partial charge is 0.416 e. The number of anilines is 1. The third-order valence-corrected chi connectivity index (χ3v) is 3.82. The fraction of sp³-hybridized carbons (Fsp3) is 0.278. The van der Waals surface area contributed by atoms with Gasteiger partial charge in [-0.05, 0) is 44.2 Å². The Balaban J connectivity index is 2.22. The van der Waals surface area contributed by atoms with Gasteiger partial charge in [-0.1, -0.05) is 18.2 Å². The van der Waals surface area contributed by atoms with Crippen LogP contribution in [0.15, 0.2) is 48.5 Å². The molecule has 0 aliphatic heterocycles. The summed E-state index contributed by atoms with van der Waals surface area (Å²) < 4.78 is 43.0. The summed E-state index contributed by atoms with van der Waals surface area (Å²) in [7, 11) is 1.52. The number of benzene rings is 2. The number of amides is 1. The lowest BCUT2D eigenvalue weighted by Gasteiger charge is -2.26. The Kier molecular flexibility index (Phi) is 4.87. The van der Waals surface area contributed by atoms with Crippen LogP contribution in [0.1, 0.15) is 25.0 Å². The number of alkyl halides is 3. The third-order valence-electron chi connectivity index (χ3n) is 3.82. The van der Waals surface area contributed by atoms with Gasteiger partial charge in [0.05, 0.1) is 18.1 Å². The number of halogens is 3. The average Bonchev–Trinajstić information content (AvgIpc) is 2.54. The van der Waals surface area contributed by atoms with Crippen molar-refractivity contribution < 1.29 is 22.7 Å². The highest BCUT2D eigenvalue weighted by Crippen LogP contribution is 2.33. The maximum atomic E-state index is 12.6. The predicted molar refractivity (Wildman–Crippen MR) is 86.1 cm³/mol. The van der Waals surface area contributed by atoms with Crippen LogP contribution in [0.2, 0.25) is 0 Å². The van der Waals surface area contributed by atoms with Crippen molar-refractivity contribution in [3.05, 3.63) is 59.7 Å². The second kappa shape index (κ2) is 6.55. The van der Waals surface area contributed by atoms with E-state index in [1.165, 1.54) is 19.2 Å². The number of para-hydroxylation sites is 1. The minimum absolute atomic E-state index is 0.302. The number of rotatable bonds is 4. The number of hydrogen-bond donors (Lipinski definition) is 1. The molecule has 2 aromatic carbocycles. The zero-order chi connectivity index (χ0) is 18.0. The Bertz CT molecular complexity index is 722. The van der Waals surface area contributed by atoms with Crippen LogP contribution in [0.5, 0.6) is 5.75 Å². The quantitative estimate of drug-likeness (QED) is 0.883. The molecule has 0 aromatic heterocycles. The van der Waals surface area contributed by atoms with E-state index < -0.39 is 17.2 Å². The van der Waals surface area contributed by atoms with Crippen LogP contribution in [0, 0.1) is 0 Å². The monoisotopic (exact) mass is 337 g/mol. The zero-order valence-electron chi connectivity index (χ0n) is 13.6. The van der Waals surface area contributed by atoms with E-state index in [1.807, 2.05) is 0 Å². The van der Waals surface area contributed by atoms with Crippen molar-refractivity contribution in [2.24, 2.45) is 0 Å². The number of ether oxygens (including phenoxy) is 1. The Morgan fingerprint density at radius 3 is 2.12 bits per heavy atom. The molecule has 0 spiro atoms. The van der Waals surface area contributed by atoms with Crippen LogP contribution in [0.4, 0.5) is 18.9 Å². The van der Waals surface area contributed by atoms with Crippen molar-refractivity contribution >= 4 is 11.6 Å². The van der Waals surface area contributed by atoms with Crippen molar-refractivity contribution in [2.45, 2.75) is 25.4 Å². The molecule has 0 heterocycles. The SMILES string of the molecule is COc1ccccc1C(C)(C)C(=O)Nc1ccc(C(F)(F)F)cc1. The summed E-state index contributed by atoms with van der Waals surface area (Å²) in [5.41, 5.74) is -0.688. The molecule has 6 heteroatoms. The fourth-order valence-electron chi connectivity index (χ4n) is 2.31. The van der Waals surface area contributed by atoms with Gasteiger partial charge < -0.3 is 10.1 Å². The maximum absolute atomic E-state index is 12.6. The van der Waals surface area contributed by atoms with Gasteiger partial charge >= 0.3 is 6.18 Å². The third kappa shape index (κ3) is 3.69. The van der Waals surface area contributed by atoms with Gasteiger partial charge in [-0.2, -0.15) is 13.2 Å². The molecule has 0 bridgehead atoms. The molecule has 0 aliphatic rings. The van der Waals surface area contributed by atoms with Gasteiger partial charge in [-0.3, -0.25) is 4.79 Å². The Morgan fingerprint density at radius 1 is 1.00 bits per heavy atom. The first kappa shape index (κ1) is 17.8. The zero-order valence-corrected chi connectivity index (χ0v) is 13.6. The van der Waals surface area contributed by atoms with Crippen LogP contribution in [0.3, 0.4) is 0 Å². The Labute approximate surface area is 138 Å². The van der Waals surface area contributed by atoms with Gasteiger partial charge in [-0.25, -0.2) is 0 Å². The molecule has 0 aliphatic carbocycles. The first-order valence-electron chi connectivity index (χ1n) is 7.28. The summed E-state index contributed by atoms with van der Waals surface area (Å²) in [6.07, 6.45) is -4.40. The van der Waals surface area contributed by atoms with E-state index in [0.29, 0.717) is 17.0 Å². The summed E-state index contributed by atoms with van der Waals surface area (Å²) in [5.74, 6) is 0.233. The molecule has 2 aromatic rings. The second-order valence-corrected chi connectivity index (χ2v) is 5.85. The van der Waals surface area contributed by atoms with Gasteiger partial charge in [0.25, 0.3) is 0 Å². The lowest BCUT2D eigenvalue weighted by molar-refractivity contribution is -0.137. The summed E-state index contributed by atoms with van der Waals surface area (Å²) in [6, 6.07) is 11.5. The van der Waals surface area contributed by atoms with E-state index in [-0.39, 0.29) is 5.91 Å². The van der Waals surface area contributed by atoms with E-state index in [1.54, 1.807) is 38.1 Å². The number of methoxy groups -OCH3 is 1. The summed E-state index contributed by atoms with van der Waals surface area (Å²) in [5, 5.41) is 2.65. The van der Waals surface area contributed by atoms with Gasteiger partial charge in [0.1, 0.15) is 5.75 Å². The van der Waals surface area contributed by atoms with Crippen LogP contribution in [-0.4, -0.2) is 13.0 Å². The van der Waals surface area contributed by atoms with Gasteiger partial charge in [0.15, 0.2) is 0 Å². The standard InChI is InChI=1S/C18H18F3NO2/c1-17(2,14-6-4-5-7-15(14)24-3)16(23)22-13-10-8-12(9-11-13)18(19,20)21/h4-11H,1-3H3,(H,22,23). The molecule has 0 fully saturated rings. The molecule has 0 saturated heterocycles. The van der Waals surface area contributed by atoms with Crippen LogP contribution in [-0.2, 0) is 16.4 Å². The molecule has 0 saturated carbocycles. The van der Waals surface area contributed by atoms with E-state index >= 15 is 0 Å². The van der Waals surface area contributed by atoms with Crippen molar-refractivity contribution in [3.8, 4) is 5.75 Å². The van der Waals surface area contributed by atoms with Gasteiger partial charge in [-0.15, -0.1) is 0 Å². The highest BCUT2D eigenvalue weighted by Gasteiger charge is 2.33. The summed E-state index contributed by atoms with van der Waals surface area (Å²) in [6.45, 7) is 3.45. The molecular formula is C18H18F3NO2. The molecule has 3 nitrogen and oxygen atoms in total. The van der Waals surface area contributed by atoms with Crippen molar-refractivity contribution in [2.75, 3.05) is 12.4 Å². The van der Waals surface area contributed by atoms with E-state index in [9.17, 15) is 18.0 Å². The molecule has 0 radical (unpaired) electrons. The van der Waals surface area contributed by atoms with Crippen molar-refractivity contribution in [3.63, 3.8) is 0 Å². The number of nitrogens with one attached hydrogen (secondary N) is 1. The average molecular weight is 337 g/mol. The Morgan fingerprint density at radius 2 is 1.58 bits per heavy atom. The molecule has 1 amide bonds. The maximum Gasteiger partial charge on any atom is 0.416 e. The van der Waals surface area contributed by atoms with E-state index in [2.05, 4.69) is 5.32 Å². The molecule has 1 N–H and O–H groups in total. The summed E-state index contributed by atoms with van der Waals surface area (Å²) >= 11 is 0. The molecular weight excluding hydrogens is 319 g/mol. The highest BCUT2D eigenvalue weighted by atomic mass is 19.4. The molecule has 2 rings (SSSR count). The lowest BCUT2D eigenvalue weighted by atomic mass is 9.83. The molecule has 24 heavy (non-hydrogen) atoms. The lowest BCUT2D eigenvalue weighted by Crippen LogP contribution is -2.35.